The van der Waals surface area contributed by atoms with E-state index in [9.17, 15) is 5.11 Å². The van der Waals surface area contributed by atoms with E-state index in [1.54, 1.807) is 0 Å². The van der Waals surface area contributed by atoms with E-state index in [0.717, 1.165) is 90.2 Å². The molecular weight excluding hydrogens is 408 g/mol. The molecule has 1 aromatic rings. The van der Waals surface area contributed by atoms with Gasteiger partial charge in [-0.1, -0.05) is 6.07 Å². The largest absolute Gasteiger partial charge is 0.490 e. The lowest BCUT2D eigenvalue weighted by Crippen LogP contribution is -2.52. The molecule has 3 fully saturated rings. The van der Waals surface area contributed by atoms with Crippen LogP contribution in [0.4, 0.5) is 0 Å². The molecule has 0 unspecified atom stereocenters. The monoisotopic (exact) mass is 448 g/mol. The van der Waals surface area contributed by atoms with E-state index in [1.807, 2.05) is 13.0 Å². The topological polar surface area (TPSA) is 60.9 Å². The van der Waals surface area contributed by atoms with Crippen LogP contribution in [0.3, 0.4) is 0 Å². The van der Waals surface area contributed by atoms with Gasteiger partial charge in [0.1, 0.15) is 6.61 Å². The van der Waals surface area contributed by atoms with Gasteiger partial charge in [-0.2, -0.15) is 0 Å². The summed E-state index contributed by atoms with van der Waals surface area (Å²) in [5, 5.41) is 10.7. The number of nitrogens with zero attached hydrogens (tertiary/aromatic N) is 4. The normalized spacial score (nSPS) is 26.5. The van der Waals surface area contributed by atoms with Crippen molar-refractivity contribution in [2.75, 3.05) is 92.4 Å². The van der Waals surface area contributed by atoms with Gasteiger partial charge < -0.3 is 24.2 Å². The molecule has 0 bridgehead atoms. The van der Waals surface area contributed by atoms with Crippen molar-refractivity contribution in [1.29, 1.82) is 0 Å². The van der Waals surface area contributed by atoms with Crippen molar-refractivity contribution < 1.29 is 19.3 Å². The quantitative estimate of drug-likeness (QED) is 0.589. The number of morpholine rings is 1. The van der Waals surface area contributed by atoms with Gasteiger partial charge in [0.15, 0.2) is 11.5 Å². The maximum atomic E-state index is 10.7. The summed E-state index contributed by atoms with van der Waals surface area (Å²) >= 11 is 0. The van der Waals surface area contributed by atoms with Crippen LogP contribution in [0.5, 0.6) is 11.5 Å². The Morgan fingerprint density at radius 2 is 1.75 bits per heavy atom. The molecule has 0 aliphatic carbocycles. The maximum Gasteiger partial charge on any atom is 0.161 e. The molecular formula is C24H40N4O4. The summed E-state index contributed by atoms with van der Waals surface area (Å²) in [5.74, 6) is 1.61. The zero-order chi connectivity index (χ0) is 22.3. The van der Waals surface area contributed by atoms with E-state index in [1.165, 1.54) is 5.56 Å². The Balaban J connectivity index is 1.30. The minimum absolute atomic E-state index is 0.234. The second-order valence-electron chi connectivity index (χ2n) is 9.18. The summed E-state index contributed by atoms with van der Waals surface area (Å²) in [6.45, 7) is 14.4. The SMILES string of the molecule is CCOc1cc(CN2C[C@H](O)[C@@H](N3CCN(C)CC3)C2)ccc1OCCN1CCOCC1. The van der Waals surface area contributed by atoms with E-state index in [-0.39, 0.29) is 12.1 Å². The van der Waals surface area contributed by atoms with Crippen LogP contribution >= 0.6 is 0 Å². The van der Waals surface area contributed by atoms with Gasteiger partial charge in [0, 0.05) is 71.5 Å². The minimum atomic E-state index is -0.285. The van der Waals surface area contributed by atoms with E-state index in [0.29, 0.717) is 13.2 Å². The van der Waals surface area contributed by atoms with Crippen LogP contribution in [-0.2, 0) is 11.3 Å². The van der Waals surface area contributed by atoms with Crippen LogP contribution in [0.15, 0.2) is 18.2 Å². The van der Waals surface area contributed by atoms with Crippen molar-refractivity contribution in [1.82, 2.24) is 19.6 Å². The highest BCUT2D eigenvalue weighted by Gasteiger charge is 2.36. The molecule has 2 atom stereocenters. The predicted octanol–water partition coefficient (Wildman–Crippen LogP) is 0.589. The number of rotatable bonds is 9. The van der Waals surface area contributed by atoms with Crippen molar-refractivity contribution in [2.24, 2.45) is 0 Å². The van der Waals surface area contributed by atoms with E-state index in [2.05, 4.69) is 38.8 Å². The van der Waals surface area contributed by atoms with Gasteiger partial charge in [0.25, 0.3) is 0 Å². The van der Waals surface area contributed by atoms with Gasteiger partial charge in [-0.15, -0.1) is 0 Å². The molecule has 0 aromatic heterocycles. The zero-order valence-electron chi connectivity index (χ0n) is 19.7. The number of likely N-dealkylation sites (tertiary alicyclic amines) is 1. The lowest BCUT2D eigenvalue weighted by molar-refractivity contribution is 0.0321. The maximum absolute atomic E-state index is 10.7. The lowest BCUT2D eigenvalue weighted by atomic mass is 10.1. The van der Waals surface area contributed by atoms with Crippen LogP contribution in [0.2, 0.25) is 0 Å². The van der Waals surface area contributed by atoms with Gasteiger partial charge in [-0.3, -0.25) is 14.7 Å². The molecule has 0 radical (unpaired) electrons. The second-order valence-corrected chi connectivity index (χ2v) is 9.18. The van der Waals surface area contributed by atoms with Crippen LogP contribution in [0, 0.1) is 0 Å². The van der Waals surface area contributed by atoms with E-state index in [4.69, 9.17) is 14.2 Å². The number of likely N-dealkylation sites (N-methyl/N-ethyl adjacent to an activating group) is 1. The smallest absolute Gasteiger partial charge is 0.161 e. The van der Waals surface area contributed by atoms with Crippen molar-refractivity contribution in [3.05, 3.63) is 23.8 Å². The molecule has 1 aromatic carbocycles. The average Bonchev–Trinajstić information content (AvgIpc) is 3.16. The molecule has 3 aliphatic heterocycles. The molecule has 8 nitrogen and oxygen atoms in total. The Hall–Kier alpha value is -1.42. The average molecular weight is 449 g/mol. The molecule has 0 amide bonds. The molecule has 1 N–H and O–H groups in total. The van der Waals surface area contributed by atoms with Gasteiger partial charge in [-0.25, -0.2) is 0 Å². The number of ether oxygens (including phenoxy) is 3. The highest BCUT2D eigenvalue weighted by molar-refractivity contribution is 5.43. The molecule has 32 heavy (non-hydrogen) atoms. The van der Waals surface area contributed by atoms with Crippen LogP contribution < -0.4 is 9.47 Å². The first-order valence-electron chi connectivity index (χ1n) is 12.1. The third-order valence-electron chi connectivity index (χ3n) is 6.82. The number of benzene rings is 1. The number of β-amino-alcohol motifs (C(OH)–C–C–N with tert-alkyl or cyclic N) is 1. The first-order valence-corrected chi connectivity index (χ1v) is 12.1. The zero-order valence-corrected chi connectivity index (χ0v) is 19.7. The highest BCUT2D eigenvalue weighted by atomic mass is 16.5. The second kappa shape index (κ2) is 11.6. The molecule has 3 saturated heterocycles. The number of hydrogen-bond acceptors (Lipinski definition) is 8. The highest BCUT2D eigenvalue weighted by Crippen LogP contribution is 2.30. The minimum Gasteiger partial charge on any atom is -0.490 e. The van der Waals surface area contributed by atoms with Crippen LogP contribution in [-0.4, -0.2) is 129 Å². The van der Waals surface area contributed by atoms with Crippen molar-refractivity contribution in [2.45, 2.75) is 25.6 Å². The fourth-order valence-electron chi connectivity index (χ4n) is 4.89. The first kappa shape index (κ1) is 23.7. The summed E-state index contributed by atoms with van der Waals surface area (Å²) in [5.41, 5.74) is 1.19. The van der Waals surface area contributed by atoms with Crippen LogP contribution in [0.25, 0.3) is 0 Å². The molecule has 4 rings (SSSR count). The third kappa shape index (κ3) is 6.34. The van der Waals surface area contributed by atoms with Crippen molar-refractivity contribution in [3.8, 4) is 11.5 Å². The predicted molar refractivity (Wildman–Crippen MR) is 125 cm³/mol. The van der Waals surface area contributed by atoms with Crippen molar-refractivity contribution in [3.63, 3.8) is 0 Å². The van der Waals surface area contributed by atoms with E-state index < -0.39 is 0 Å². The summed E-state index contributed by atoms with van der Waals surface area (Å²) in [6.07, 6.45) is -0.285. The molecule has 8 heteroatoms. The Morgan fingerprint density at radius 3 is 2.50 bits per heavy atom. The summed E-state index contributed by atoms with van der Waals surface area (Å²) in [4.78, 5) is 9.54. The summed E-state index contributed by atoms with van der Waals surface area (Å²) < 4.78 is 17.4. The summed E-state index contributed by atoms with van der Waals surface area (Å²) in [7, 11) is 2.17. The number of aliphatic hydroxyl groups is 1. The molecule has 0 saturated carbocycles. The third-order valence-corrected chi connectivity index (χ3v) is 6.82. The Morgan fingerprint density at radius 1 is 0.969 bits per heavy atom. The fraction of sp³-hybridized carbons (Fsp3) is 0.750. The van der Waals surface area contributed by atoms with Gasteiger partial charge in [0.2, 0.25) is 0 Å². The first-order chi connectivity index (χ1) is 15.6. The Kier molecular flexibility index (Phi) is 8.62. The number of aliphatic hydroxyl groups excluding tert-OH is 1. The van der Waals surface area contributed by atoms with Gasteiger partial charge in [-0.05, 0) is 31.7 Å². The summed E-state index contributed by atoms with van der Waals surface area (Å²) in [6, 6.07) is 6.49. The Labute approximate surface area is 192 Å². The fourth-order valence-corrected chi connectivity index (χ4v) is 4.89. The van der Waals surface area contributed by atoms with Crippen LogP contribution in [0.1, 0.15) is 12.5 Å². The number of piperazine rings is 1. The molecule has 3 aliphatic rings. The molecule has 0 spiro atoms. The van der Waals surface area contributed by atoms with Gasteiger partial charge in [0.05, 0.1) is 25.9 Å². The number of hydrogen-bond donors (Lipinski definition) is 1. The lowest BCUT2D eigenvalue weighted by Gasteiger charge is -2.37. The Bertz CT molecular complexity index is 707. The van der Waals surface area contributed by atoms with Gasteiger partial charge >= 0.3 is 0 Å². The molecule has 180 valence electrons. The molecule has 3 heterocycles. The van der Waals surface area contributed by atoms with Crippen molar-refractivity contribution >= 4 is 0 Å². The van der Waals surface area contributed by atoms with E-state index >= 15 is 0 Å². The standard InChI is InChI=1S/C24H40N4O4/c1-3-31-24-16-20(4-5-23(24)32-15-12-26-10-13-30-14-11-26)17-27-18-21(22(29)19-27)28-8-6-25(2)7-9-28/h4-5,16,21-22,29H,3,6-15,17-19H2,1-2H3/t21-,22-/m0/s1.